The highest BCUT2D eigenvalue weighted by atomic mass is 32.1. The molecule has 2 aromatic carbocycles. The van der Waals surface area contributed by atoms with Crippen LogP contribution in [0.25, 0.3) is 22.2 Å². The fourth-order valence-electron chi connectivity index (χ4n) is 3.44. The van der Waals surface area contributed by atoms with Gasteiger partial charge < -0.3 is 10.3 Å². The van der Waals surface area contributed by atoms with E-state index in [0.717, 1.165) is 33.5 Å². The number of rotatable bonds is 5. The molecule has 7 heteroatoms. The number of carbonyl (C=O) groups is 1. The number of aryl methyl sites for hydroxylation is 2. The maximum Gasteiger partial charge on any atom is 0.251 e. The van der Waals surface area contributed by atoms with Crippen LogP contribution in [0.3, 0.4) is 0 Å². The first-order valence-corrected chi connectivity index (χ1v) is 9.80. The van der Waals surface area contributed by atoms with E-state index in [1.54, 1.807) is 18.2 Å². The first-order valence-electron chi connectivity index (χ1n) is 8.96. The fourth-order valence-corrected chi connectivity index (χ4v) is 3.91. The molecule has 142 valence electrons. The van der Waals surface area contributed by atoms with Gasteiger partial charge in [0, 0.05) is 34.1 Å². The summed E-state index contributed by atoms with van der Waals surface area (Å²) in [5.41, 5.74) is 5.84. The minimum Gasteiger partial charge on any atom is -0.356 e. The van der Waals surface area contributed by atoms with Gasteiger partial charge in [-0.2, -0.15) is 0 Å². The summed E-state index contributed by atoms with van der Waals surface area (Å²) in [6.07, 6.45) is 0.629. The van der Waals surface area contributed by atoms with E-state index in [9.17, 15) is 9.18 Å². The van der Waals surface area contributed by atoms with E-state index in [4.69, 9.17) is 0 Å². The van der Waals surface area contributed by atoms with Crippen LogP contribution in [0.15, 0.2) is 41.8 Å². The number of H-pyrrole nitrogens is 1. The van der Waals surface area contributed by atoms with Crippen molar-refractivity contribution in [3.8, 4) is 11.3 Å². The molecule has 4 rings (SSSR count). The van der Waals surface area contributed by atoms with Crippen molar-refractivity contribution in [1.29, 1.82) is 0 Å². The van der Waals surface area contributed by atoms with Crippen molar-refractivity contribution in [3.63, 3.8) is 0 Å². The predicted octanol–water partition coefficient (Wildman–Crippen LogP) is 4.41. The Morgan fingerprint density at radius 3 is 2.68 bits per heavy atom. The molecule has 4 aromatic rings. The number of amides is 1. The number of hydrogen-bond acceptors (Lipinski definition) is 4. The molecule has 1 amide bonds. The number of hydrogen-bond donors (Lipinski definition) is 2. The number of nitrogens with zero attached hydrogens (tertiary/aromatic N) is 2. The molecule has 0 saturated carbocycles. The van der Waals surface area contributed by atoms with E-state index in [1.165, 1.54) is 17.6 Å². The summed E-state index contributed by atoms with van der Waals surface area (Å²) in [5.74, 6) is -0.391. The van der Waals surface area contributed by atoms with Crippen molar-refractivity contribution in [3.05, 3.63) is 70.0 Å². The van der Waals surface area contributed by atoms with Gasteiger partial charge in [-0.05, 0) is 61.1 Å². The van der Waals surface area contributed by atoms with Gasteiger partial charge >= 0.3 is 0 Å². The van der Waals surface area contributed by atoms with Crippen molar-refractivity contribution in [2.24, 2.45) is 0 Å². The second kappa shape index (κ2) is 7.52. The quantitative estimate of drug-likeness (QED) is 0.527. The molecule has 0 atom stereocenters. The minimum atomic E-state index is -0.255. The second-order valence-corrected chi connectivity index (χ2v) is 7.33. The van der Waals surface area contributed by atoms with Crippen LogP contribution in [0.4, 0.5) is 4.39 Å². The van der Waals surface area contributed by atoms with E-state index in [-0.39, 0.29) is 11.7 Å². The highest BCUT2D eigenvalue weighted by Crippen LogP contribution is 2.27. The van der Waals surface area contributed by atoms with E-state index in [0.29, 0.717) is 24.0 Å². The topological polar surface area (TPSA) is 70.7 Å². The molecule has 0 unspecified atom stereocenters. The van der Waals surface area contributed by atoms with Gasteiger partial charge in [0.2, 0.25) is 0 Å². The first-order chi connectivity index (χ1) is 13.5. The van der Waals surface area contributed by atoms with Gasteiger partial charge in [0.05, 0.1) is 5.52 Å². The Hall–Kier alpha value is -3.06. The van der Waals surface area contributed by atoms with Crippen molar-refractivity contribution >= 4 is 28.3 Å². The largest absolute Gasteiger partial charge is 0.356 e. The molecule has 2 heterocycles. The summed E-state index contributed by atoms with van der Waals surface area (Å²) in [6, 6.07) is 10.5. The van der Waals surface area contributed by atoms with E-state index in [2.05, 4.69) is 19.9 Å². The first kappa shape index (κ1) is 18.3. The van der Waals surface area contributed by atoms with E-state index in [1.807, 2.05) is 31.4 Å². The maximum atomic E-state index is 14.1. The standard InChI is InChI=1S/C21H19FN4OS/c1-12-3-8-17(22)20-19(12)16(13(2)24-20)9-10-23-21(27)15-6-4-14(5-7-15)18-11-28-26-25-18/h3-8,11,24H,9-10H2,1-2H3,(H,23,27). The molecule has 0 aliphatic heterocycles. The number of carbonyl (C=O) groups excluding carboxylic acids is 1. The van der Waals surface area contributed by atoms with Crippen LogP contribution in [0.5, 0.6) is 0 Å². The molecule has 0 aliphatic rings. The highest BCUT2D eigenvalue weighted by Gasteiger charge is 2.14. The zero-order valence-corrected chi connectivity index (χ0v) is 16.4. The number of halogens is 1. The monoisotopic (exact) mass is 394 g/mol. The number of aromatic nitrogens is 3. The van der Waals surface area contributed by atoms with Gasteiger partial charge in [-0.1, -0.05) is 22.7 Å². The van der Waals surface area contributed by atoms with Crippen LogP contribution in [-0.2, 0) is 6.42 Å². The third-order valence-corrected chi connectivity index (χ3v) is 5.40. The lowest BCUT2D eigenvalue weighted by Crippen LogP contribution is -2.25. The van der Waals surface area contributed by atoms with Crippen molar-refractivity contribution in [2.45, 2.75) is 20.3 Å². The highest BCUT2D eigenvalue weighted by molar-refractivity contribution is 7.03. The maximum absolute atomic E-state index is 14.1. The summed E-state index contributed by atoms with van der Waals surface area (Å²) in [5, 5.41) is 9.74. The van der Waals surface area contributed by atoms with Crippen LogP contribution in [0.1, 0.15) is 27.2 Å². The van der Waals surface area contributed by atoms with Crippen LogP contribution < -0.4 is 5.32 Å². The normalized spacial score (nSPS) is 11.1. The average Bonchev–Trinajstić information content (AvgIpc) is 3.34. The molecule has 0 aliphatic carbocycles. The van der Waals surface area contributed by atoms with Gasteiger partial charge in [-0.3, -0.25) is 4.79 Å². The van der Waals surface area contributed by atoms with Gasteiger partial charge in [0.25, 0.3) is 5.91 Å². The average molecular weight is 394 g/mol. The number of aromatic amines is 1. The lowest BCUT2D eigenvalue weighted by molar-refractivity contribution is 0.0954. The summed E-state index contributed by atoms with van der Waals surface area (Å²) >= 11 is 1.29. The smallest absolute Gasteiger partial charge is 0.251 e. The third kappa shape index (κ3) is 3.41. The zero-order chi connectivity index (χ0) is 19.7. The summed E-state index contributed by atoms with van der Waals surface area (Å²) in [7, 11) is 0. The Bertz CT molecular complexity index is 1130. The third-order valence-electron chi connectivity index (χ3n) is 4.89. The zero-order valence-electron chi connectivity index (χ0n) is 15.5. The predicted molar refractivity (Wildman–Crippen MR) is 109 cm³/mol. The van der Waals surface area contributed by atoms with Crippen LogP contribution >= 0.6 is 11.5 Å². The summed E-state index contributed by atoms with van der Waals surface area (Å²) < 4.78 is 17.9. The van der Waals surface area contributed by atoms with Crippen molar-refractivity contribution < 1.29 is 9.18 Å². The molecule has 0 spiro atoms. The van der Waals surface area contributed by atoms with Gasteiger partial charge in [0.15, 0.2) is 0 Å². The molecule has 2 N–H and O–H groups in total. The Kier molecular flexibility index (Phi) is 4.92. The molecule has 0 radical (unpaired) electrons. The van der Waals surface area contributed by atoms with E-state index < -0.39 is 0 Å². The number of nitrogens with one attached hydrogen (secondary N) is 2. The lowest BCUT2D eigenvalue weighted by Gasteiger charge is -2.07. The second-order valence-electron chi connectivity index (χ2n) is 6.72. The van der Waals surface area contributed by atoms with Crippen LogP contribution in [0, 0.1) is 19.7 Å². The van der Waals surface area contributed by atoms with Crippen LogP contribution in [0.2, 0.25) is 0 Å². The Morgan fingerprint density at radius 1 is 1.18 bits per heavy atom. The summed E-state index contributed by atoms with van der Waals surface area (Å²) in [4.78, 5) is 15.6. The van der Waals surface area contributed by atoms with Gasteiger partial charge in [-0.25, -0.2) is 4.39 Å². The molecule has 2 aromatic heterocycles. The number of benzene rings is 2. The molecular weight excluding hydrogens is 375 g/mol. The molecule has 28 heavy (non-hydrogen) atoms. The van der Waals surface area contributed by atoms with Gasteiger partial charge in [-0.15, -0.1) is 5.10 Å². The van der Waals surface area contributed by atoms with E-state index >= 15 is 0 Å². The Labute approximate surface area is 165 Å². The lowest BCUT2D eigenvalue weighted by atomic mass is 10.0. The number of fused-ring (bicyclic) bond motifs is 1. The molecule has 5 nitrogen and oxygen atoms in total. The minimum absolute atomic E-state index is 0.136. The van der Waals surface area contributed by atoms with Crippen molar-refractivity contribution in [1.82, 2.24) is 19.9 Å². The van der Waals surface area contributed by atoms with Gasteiger partial charge in [0.1, 0.15) is 11.5 Å². The Morgan fingerprint density at radius 2 is 1.96 bits per heavy atom. The molecule has 0 saturated heterocycles. The fraction of sp³-hybridized carbons (Fsp3) is 0.190. The summed E-state index contributed by atoms with van der Waals surface area (Å²) in [6.45, 7) is 4.37. The molecule has 0 fully saturated rings. The van der Waals surface area contributed by atoms with Crippen LogP contribution in [-0.4, -0.2) is 27.0 Å². The molecule has 0 bridgehead atoms. The molecular formula is C21H19FN4OS. The Balaban J connectivity index is 1.44. The SMILES string of the molecule is Cc1[nH]c2c(F)ccc(C)c2c1CCNC(=O)c1ccc(-c2csnn2)cc1. The van der Waals surface area contributed by atoms with Crippen molar-refractivity contribution in [2.75, 3.05) is 6.54 Å².